The van der Waals surface area contributed by atoms with Gasteiger partial charge in [-0.3, -0.25) is 4.90 Å². The summed E-state index contributed by atoms with van der Waals surface area (Å²) in [5.41, 5.74) is 7.65. The van der Waals surface area contributed by atoms with Crippen LogP contribution in [0.2, 0.25) is 0 Å². The van der Waals surface area contributed by atoms with Crippen molar-refractivity contribution in [2.75, 3.05) is 18.5 Å². The molecule has 2 rings (SSSR count). The summed E-state index contributed by atoms with van der Waals surface area (Å²) in [6, 6.07) is 8.53. The van der Waals surface area contributed by atoms with E-state index in [4.69, 9.17) is 10.2 Å². The SMILES string of the molecule is Cc1ccccc1N(C)c1nnc(CCN)o1. The Labute approximate surface area is 100 Å². The van der Waals surface area contributed by atoms with E-state index in [0.29, 0.717) is 24.9 Å². The van der Waals surface area contributed by atoms with E-state index in [1.165, 1.54) is 0 Å². The molecule has 0 unspecified atom stereocenters. The fourth-order valence-corrected chi connectivity index (χ4v) is 1.65. The average molecular weight is 232 g/mol. The standard InChI is InChI=1S/C12H16N4O/c1-9-5-3-4-6-10(9)16(2)12-15-14-11(17-12)7-8-13/h3-6H,7-8,13H2,1-2H3. The van der Waals surface area contributed by atoms with Crippen molar-refractivity contribution in [1.29, 1.82) is 0 Å². The highest BCUT2D eigenvalue weighted by molar-refractivity contribution is 5.59. The van der Waals surface area contributed by atoms with Crippen LogP contribution in [0.1, 0.15) is 11.5 Å². The van der Waals surface area contributed by atoms with E-state index < -0.39 is 0 Å². The van der Waals surface area contributed by atoms with Crippen LogP contribution in [0.4, 0.5) is 11.7 Å². The van der Waals surface area contributed by atoms with Gasteiger partial charge in [-0.2, -0.15) is 0 Å². The lowest BCUT2D eigenvalue weighted by molar-refractivity contribution is 0.499. The number of para-hydroxylation sites is 1. The molecule has 0 amide bonds. The van der Waals surface area contributed by atoms with Gasteiger partial charge in [0.25, 0.3) is 0 Å². The molecule has 90 valence electrons. The smallest absolute Gasteiger partial charge is 0.322 e. The van der Waals surface area contributed by atoms with Gasteiger partial charge < -0.3 is 10.2 Å². The lowest BCUT2D eigenvalue weighted by Gasteiger charge is -2.16. The molecule has 17 heavy (non-hydrogen) atoms. The Morgan fingerprint density at radius 2 is 2.06 bits per heavy atom. The molecule has 0 saturated carbocycles. The summed E-state index contributed by atoms with van der Waals surface area (Å²) in [4.78, 5) is 1.88. The van der Waals surface area contributed by atoms with Crippen LogP contribution in [0.3, 0.4) is 0 Å². The van der Waals surface area contributed by atoms with Crippen LogP contribution in [-0.4, -0.2) is 23.8 Å². The van der Waals surface area contributed by atoms with Gasteiger partial charge >= 0.3 is 6.01 Å². The number of hydrogen-bond donors (Lipinski definition) is 1. The summed E-state index contributed by atoms with van der Waals surface area (Å²) in [5, 5.41) is 7.95. The zero-order valence-electron chi connectivity index (χ0n) is 10.1. The highest BCUT2D eigenvalue weighted by Gasteiger charge is 2.13. The first-order valence-corrected chi connectivity index (χ1v) is 5.54. The molecule has 0 bridgehead atoms. The average Bonchev–Trinajstić information content (AvgIpc) is 2.78. The molecule has 1 aromatic heterocycles. The highest BCUT2D eigenvalue weighted by Crippen LogP contribution is 2.25. The zero-order chi connectivity index (χ0) is 12.3. The summed E-state index contributed by atoms with van der Waals surface area (Å²) < 4.78 is 5.52. The van der Waals surface area contributed by atoms with Crippen LogP contribution < -0.4 is 10.6 Å². The Morgan fingerprint density at radius 3 is 2.76 bits per heavy atom. The molecular formula is C12H16N4O. The van der Waals surface area contributed by atoms with Crippen LogP contribution >= 0.6 is 0 Å². The van der Waals surface area contributed by atoms with Gasteiger partial charge in [-0.05, 0) is 18.6 Å². The van der Waals surface area contributed by atoms with Gasteiger partial charge in [0, 0.05) is 25.7 Å². The van der Waals surface area contributed by atoms with E-state index in [-0.39, 0.29) is 0 Å². The van der Waals surface area contributed by atoms with Crippen molar-refractivity contribution < 1.29 is 4.42 Å². The number of rotatable bonds is 4. The summed E-state index contributed by atoms with van der Waals surface area (Å²) in [7, 11) is 1.90. The van der Waals surface area contributed by atoms with Crippen molar-refractivity contribution in [2.24, 2.45) is 5.73 Å². The first-order chi connectivity index (χ1) is 8.22. The second-order valence-electron chi connectivity index (χ2n) is 3.86. The van der Waals surface area contributed by atoms with Crippen molar-refractivity contribution in [2.45, 2.75) is 13.3 Å². The number of nitrogens with zero attached hydrogens (tertiary/aromatic N) is 3. The molecule has 1 heterocycles. The van der Waals surface area contributed by atoms with Crippen molar-refractivity contribution in [3.8, 4) is 0 Å². The van der Waals surface area contributed by atoms with Crippen molar-refractivity contribution >= 4 is 11.7 Å². The molecule has 2 aromatic rings. The van der Waals surface area contributed by atoms with Crippen LogP contribution in [0.5, 0.6) is 0 Å². The zero-order valence-corrected chi connectivity index (χ0v) is 10.1. The molecule has 0 atom stereocenters. The van der Waals surface area contributed by atoms with E-state index in [1.54, 1.807) is 0 Å². The molecule has 0 radical (unpaired) electrons. The fraction of sp³-hybridized carbons (Fsp3) is 0.333. The predicted molar refractivity (Wildman–Crippen MR) is 66.3 cm³/mol. The molecule has 0 aliphatic heterocycles. The minimum Gasteiger partial charge on any atom is -0.408 e. The van der Waals surface area contributed by atoms with Gasteiger partial charge in [0.2, 0.25) is 5.89 Å². The Balaban J connectivity index is 2.24. The van der Waals surface area contributed by atoms with E-state index in [1.807, 2.05) is 43.1 Å². The second kappa shape index (κ2) is 4.97. The topological polar surface area (TPSA) is 68.2 Å². The maximum Gasteiger partial charge on any atom is 0.322 e. The third-order valence-electron chi connectivity index (χ3n) is 2.58. The molecule has 0 saturated heterocycles. The number of aromatic nitrogens is 2. The number of nitrogens with two attached hydrogens (primary N) is 1. The van der Waals surface area contributed by atoms with E-state index >= 15 is 0 Å². The molecular weight excluding hydrogens is 216 g/mol. The van der Waals surface area contributed by atoms with Gasteiger partial charge in [0.05, 0.1) is 0 Å². The molecule has 0 fully saturated rings. The minimum atomic E-state index is 0.489. The Bertz CT molecular complexity index is 495. The number of benzene rings is 1. The van der Waals surface area contributed by atoms with Gasteiger partial charge in [-0.1, -0.05) is 23.3 Å². The quantitative estimate of drug-likeness (QED) is 0.868. The van der Waals surface area contributed by atoms with Gasteiger partial charge in [-0.15, -0.1) is 5.10 Å². The van der Waals surface area contributed by atoms with Crippen molar-refractivity contribution in [3.63, 3.8) is 0 Å². The maximum absolute atomic E-state index is 5.52. The van der Waals surface area contributed by atoms with E-state index in [9.17, 15) is 0 Å². The predicted octanol–water partition coefficient (Wildman–Crippen LogP) is 1.65. The second-order valence-corrected chi connectivity index (χ2v) is 3.86. The molecule has 5 nitrogen and oxygen atoms in total. The summed E-state index contributed by atoms with van der Waals surface area (Å²) in [6.45, 7) is 2.55. The monoisotopic (exact) mass is 232 g/mol. The first-order valence-electron chi connectivity index (χ1n) is 5.54. The number of anilines is 2. The van der Waals surface area contributed by atoms with Crippen molar-refractivity contribution in [1.82, 2.24) is 10.2 Å². The van der Waals surface area contributed by atoms with Gasteiger partial charge in [0.1, 0.15) is 0 Å². The van der Waals surface area contributed by atoms with Crippen LogP contribution in [0.25, 0.3) is 0 Å². The van der Waals surface area contributed by atoms with Crippen molar-refractivity contribution in [3.05, 3.63) is 35.7 Å². The van der Waals surface area contributed by atoms with E-state index in [0.717, 1.165) is 11.3 Å². The molecule has 0 spiro atoms. The molecule has 5 heteroatoms. The maximum atomic E-state index is 5.52. The number of aryl methyl sites for hydroxylation is 1. The molecule has 2 N–H and O–H groups in total. The fourth-order valence-electron chi connectivity index (χ4n) is 1.65. The van der Waals surface area contributed by atoms with E-state index in [2.05, 4.69) is 10.2 Å². The number of hydrogen-bond acceptors (Lipinski definition) is 5. The van der Waals surface area contributed by atoms with Gasteiger partial charge in [-0.25, -0.2) is 0 Å². The Morgan fingerprint density at radius 1 is 1.29 bits per heavy atom. The summed E-state index contributed by atoms with van der Waals surface area (Å²) >= 11 is 0. The highest BCUT2D eigenvalue weighted by atomic mass is 16.4. The Hall–Kier alpha value is -1.88. The van der Waals surface area contributed by atoms with Crippen LogP contribution in [0, 0.1) is 6.92 Å². The first kappa shape index (κ1) is 11.6. The molecule has 0 aliphatic carbocycles. The van der Waals surface area contributed by atoms with Crippen LogP contribution in [0.15, 0.2) is 28.7 Å². The van der Waals surface area contributed by atoms with Crippen LogP contribution in [-0.2, 0) is 6.42 Å². The molecule has 1 aromatic carbocycles. The largest absolute Gasteiger partial charge is 0.408 e. The third kappa shape index (κ3) is 2.45. The van der Waals surface area contributed by atoms with Gasteiger partial charge in [0.15, 0.2) is 0 Å². The lowest BCUT2D eigenvalue weighted by Crippen LogP contribution is -2.11. The summed E-state index contributed by atoms with van der Waals surface area (Å²) in [6.07, 6.45) is 0.606. The Kier molecular flexibility index (Phi) is 3.39. The third-order valence-corrected chi connectivity index (χ3v) is 2.58. The summed E-state index contributed by atoms with van der Waals surface area (Å²) in [5.74, 6) is 0.572. The normalized spacial score (nSPS) is 10.5. The minimum absolute atomic E-state index is 0.489. The molecule has 0 aliphatic rings. The lowest BCUT2D eigenvalue weighted by atomic mass is 10.2.